The Morgan fingerprint density at radius 3 is 2.69 bits per heavy atom. The number of halogens is 2. The molecule has 2 aromatic rings. The molecule has 1 N–H and O–H groups in total. The number of fused-ring (bicyclic) bond motifs is 1. The highest BCUT2D eigenvalue weighted by Crippen LogP contribution is 2.36. The summed E-state index contributed by atoms with van der Waals surface area (Å²) in [6, 6.07) is 10.9. The van der Waals surface area contributed by atoms with Gasteiger partial charge in [-0.05, 0) is 48.7 Å². The summed E-state index contributed by atoms with van der Waals surface area (Å²) in [4.78, 5) is 12.6. The third kappa shape index (κ3) is 5.61. The van der Waals surface area contributed by atoms with Gasteiger partial charge in [-0.1, -0.05) is 23.7 Å². The van der Waals surface area contributed by atoms with Gasteiger partial charge < -0.3 is 10.1 Å². The third-order valence-corrected chi connectivity index (χ3v) is 6.02. The number of benzene rings is 2. The van der Waals surface area contributed by atoms with E-state index >= 15 is 0 Å². The zero-order chi connectivity index (χ0) is 21.0. The largest absolute Gasteiger partial charge is 0.478 e. The zero-order valence-corrected chi connectivity index (χ0v) is 17.5. The van der Waals surface area contributed by atoms with E-state index in [1.165, 1.54) is 22.5 Å². The SMILES string of the molecule is CS(=O)(=O)N1CC[C@@H](C(=O)NCCCc2ccc(F)cc2)Oc2ccc(Cl)cc21. The van der Waals surface area contributed by atoms with Crippen molar-refractivity contribution in [1.82, 2.24) is 5.32 Å². The molecule has 29 heavy (non-hydrogen) atoms. The fraction of sp³-hybridized carbons (Fsp3) is 0.350. The molecule has 2 aromatic carbocycles. The lowest BCUT2D eigenvalue weighted by molar-refractivity contribution is -0.128. The molecule has 0 saturated carbocycles. The highest BCUT2D eigenvalue weighted by Gasteiger charge is 2.31. The fourth-order valence-electron chi connectivity index (χ4n) is 3.15. The van der Waals surface area contributed by atoms with Crippen LogP contribution in [-0.4, -0.2) is 39.8 Å². The second-order valence-electron chi connectivity index (χ2n) is 6.86. The molecule has 1 aliphatic heterocycles. The molecule has 0 aromatic heterocycles. The number of carbonyl (C=O) groups is 1. The minimum Gasteiger partial charge on any atom is -0.478 e. The van der Waals surface area contributed by atoms with Gasteiger partial charge in [0.15, 0.2) is 6.10 Å². The standard InChI is InChI=1S/C20H22ClFN2O4S/c1-29(26,27)24-12-10-19(28-18-9-6-15(21)13-17(18)24)20(25)23-11-2-3-14-4-7-16(22)8-5-14/h4-9,13,19H,2-3,10-12H2,1H3,(H,23,25)/t19-/m0/s1. The third-order valence-electron chi connectivity index (χ3n) is 4.60. The molecular formula is C20H22ClFN2O4S. The van der Waals surface area contributed by atoms with E-state index in [1.54, 1.807) is 24.3 Å². The normalized spacial score (nSPS) is 16.5. The van der Waals surface area contributed by atoms with E-state index in [0.717, 1.165) is 11.8 Å². The Morgan fingerprint density at radius 1 is 1.28 bits per heavy atom. The number of ether oxygens (including phenoxy) is 1. The van der Waals surface area contributed by atoms with Crippen molar-refractivity contribution in [2.45, 2.75) is 25.4 Å². The van der Waals surface area contributed by atoms with Crippen LogP contribution in [0.2, 0.25) is 5.02 Å². The second kappa shape index (κ2) is 9.00. The molecule has 1 amide bonds. The van der Waals surface area contributed by atoms with Crippen LogP contribution in [0, 0.1) is 5.82 Å². The van der Waals surface area contributed by atoms with Crippen molar-refractivity contribution >= 4 is 33.2 Å². The first-order valence-electron chi connectivity index (χ1n) is 9.20. The lowest BCUT2D eigenvalue weighted by atomic mass is 10.1. The Hall–Kier alpha value is -2.32. The first-order valence-corrected chi connectivity index (χ1v) is 11.4. The zero-order valence-electron chi connectivity index (χ0n) is 15.9. The molecule has 0 bridgehead atoms. The maximum absolute atomic E-state index is 12.9. The highest BCUT2D eigenvalue weighted by molar-refractivity contribution is 7.92. The number of carbonyl (C=O) groups excluding carboxylic acids is 1. The van der Waals surface area contributed by atoms with Crippen LogP contribution in [0.4, 0.5) is 10.1 Å². The predicted molar refractivity (Wildman–Crippen MR) is 110 cm³/mol. The Morgan fingerprint density at radius 2 is 2.00 bits per heavy atom. The smallest absolute Gasteiger partial charge is 0.261 e. The number of nitrogens with zero attached hydrogens (tertiary/aromatic N) is 1. The van der Waals surface area contributed by atoms with Crippen LogP contribution in [-0.2, 0) is 21.2 Å². The van der Waals surface area contributed by atoms with Gasteiger partial charge in [0.2, 0.25) is 10.0 Å². The molecule has 0 spiro atoms. The monoisotopic (exact) mass is 440 g/mol. The number of hydrogen-bond acceptors (Lipinski definition) is 4. The topological polar surface area (TPSA) is 75.7 Å². The van der Waals surface area contributed by atoms with Crippen molar-refractivity contribution in [3.63, 3.8) is 0 Å². The van der Waals surface area contributed by atoms with Gasteiger partial charge in [0.05, 0.1) is 11.9 Å². The first kappa shape index (κ1) is 21.4. The van der Waals surface area contributed by atoms with Crippen LogP contribution in [0.3, 0.4) is 0 Å². The lowest BCUT2D eigenvalue weighted by Gasteiger charge is -2.21. The van der Waals surface area contributed by atoms with Crippen molar-refractivity contribution in [2.24, 2.45) is 0 Å². The van der Waals surface area contributed by atoms with E-state index in [-0.39, 0.29) is 24.7 Å². The molecule has 1 aliphatic rings. The van der Waals surface area contributed by atoms with Gasteiger partial charge in [0.25, 0.3) is 5.91 Å². The van der Waals surface area contributed by atoms with Gasteiger partial charge in [-0.15, -0.1) is 0 Å². The first-order chi connectivity index (χ1) is 13.7. The number of hydrogen-bond donors (Lipinski definition) is 1. The molecule has 0 aliphatic carbocycles. The summed E-state index contributed by atoms with van der Waals surface area (Å²) in [7, 11) is -3.55. The van der Waals surface area contributed by atoms with E-state index in [4.69, 9.17) is 16.3 Å². The summed E-state index contributed by atoms with van der Waals surface area (Å²) in [5.74, 6) is -0.290. The molecule has 3 rings (SSSR count). The summed E-state index contributed by atoms with van der Waals surface area (Å²) < 4.78 is 44.3. The minimum atomic E-state index is -3.55. The van der Waals surface area contributed by atoms with Gasteiger partial charge in [-0.25, -0.2) is 12.8 Å². The number of nitrogens with one attached hydrogen (secondary N) is 1. The minimum absolute atomic E-state index is 0.111. The van der Waals surface area contributed by atoms with Gasteiger partial charge in [-0.2, -0.15) is 0 Å². The summed E-state index contributed by atoms with van der Waals surface area (Å²) in [5.41, 5.74) is 1.31. The molecule has 156 valence electrons. The van der Waals surface area contributed by atoms with E-state index in [0.29, 0.717) is 35.8 Å². The number of amides is 1. The summed E-state index contributed by atoms with van der Waals surface area (Å²) in [6.45, 7) is 0.541. The molecule has 9 heteroatoms. The van der Waals surface area contributed by atoms with Crippen molar-refractivity contribution in [3.05, 3.63) is 58.9 Å². The van der Waals surface area contributed by atoms with E-state index in [2.05, 4.69) is 5.32 Å². The van der Waals surface area contributed by atoms with Crippen molar-refractivity contribution < 1.29 is 22.3 Å². The molecule has 1 heterocycles. The molecule has 0 saturated heterocycles. The number of anilines is 1. The summed E-state index contributed by atoms with van der Waals surface area (Å²) in [5, 5.41) is 3.20. The maximum Gasteiger partial charge on any atom is 0.261 e. The molecule has 1 atom stereocenters. The molecule has 0 unspecified atom stereocenters. The van der Waals surface area contributed by atoms with E-state index in [1.807, 2.05) is 0 Å². The van der Waals surface area contributed by atoms with Crippen molar-refractivity contribution in [2.75, 3.05) is 23.7 Å². The van der Waals surface area contributed by atoms with Crippen LogP contribution in [0.5, 0.6) is 5.75 Å². The summed E-state index contributed by atoms with van der Waals surface area (Å²) in [6.07, 6.45) is 1.89. The Labute approximate surface area is 174 Å². The maximum atomic E-state index is 12.9. The number of aryl methyl sites for hydroxylation is 1. The van der Waals surface area contributed by atoms with Crippen molar-refractivity contribution in [3.8, 4) is 5.75 Å². The molecule has 0 fully saturated rings. The Balaban J connectivity index is 1.61. The molecule has 6 nitrogen and oxygen atoms in total. The van der Waals surface area contributed by atoms with Gasteiger partial charge in [-0.3, -0.25) is 9.10 Å². The quantitative estimate of drug-likeness (QED) is 0.700. The Bertz CT molecular complexity index is 982. The molecular weight excluding hydrogens is 419 g/mol. The van der Waals surface area contributed by atoms with Crippen molar-refractivity contribution in [1.29, 1.82) is 0 Å². The van der Waals surface area contributed by atoms with Crippen LogP contribution in [0.25, 0.3) is 0 Å². The van der Waals surface area contributed by atoms with Crippen LogP contribution in [0.1, 0.15) is 18.4 Å². The number of rotatable bonds is 6. The van der Waals surface area contributed by atoms with E-state index in [9.17, 15) is 17.6 Å². The van der Waals surface area contributed by atoms with Crippen LogP contribution >= 0.6 is 11.6 Å². The fourth-order valence-corrected chi connectivity index (χ4v) is 4.25. The summed E-state index contributed by atoms with van der Waals surface area (Å²) >= 11 is 6.01. The van der Waals surface area contributed by atoms with Crippen LogP contribution in [0.15, 0.2) is 42.5 Å². The molecule has 0 radical (unpaired) electrons. The van der Waals surface area contributed by atoms with Gasteiger partial charge in [0.1, 0.15) is 11.6 Å². The Kier molecular flexibility index (Phi) is 6.64. The van der Waals surface area contributed by atoms with Crippen LogP contribution < -0.4 is 14.4 Å². The number of sulfonamides is 1. The predicted octanol–water partition coefficient (Wildman–Crippen LogP) is 3.15. The van der Waals surface area contributed by atoms with Gasteiger partial charge >= 0.3 is 0 Å². The lowest BCUT2D eigenvalue weighted by Crippen LogP contribution is -2.40. The average Bonchev–Trinajstić information content (AvgIpc) is 2.85. The highest BCUT2D eigenvalue weighted by atomic mass is 35.5. The second-order valence-corrected chi connectivity index (χ2v) is 9.21. The average molecular weight is 441 g/mol. The van der Waals surface area contributed by atoms with Gasteiger partial charge in [0, 0.05) is 24.5 Å². The van der Waals surface area contributed by atoms with E-state index < -0.39 is 16.1 Å².